The summed E-state index contributed by atoms with van der Waals surface area (Å²) in [4.78, 5) is 0. The van der Waals surface area contributed by atoms with Crippen LogP contribution in [0.5, 0.6) is 0 Å². The Balaban J connectivity index is 1.92. The van der Waals surface area contributed by atoms with Crippen LogP contribution >= 0.6 is 31.9 Å². The Labute approximate surface area is 146 Å². The normalized spacial score (nSPS) is 24.1. The lowest BCUT2D eigenvalue weighted by Gasteiger charge is -2.19. The second-order valence-corrected chi connectivity index (χ2v) is 7.78. The van der Waals surface area contributed by atoms with E-state index >= 15 is 0 Å². The summed E-state index contributed by atoms with van der Waals surface area (Å²) in [6, 6.07) is 4.66. The SMILES string of the molecule is [B]C1CCCC[C@H](NCc2cc(Br)cc(Br)c2N)CCC1. The average Bonchev–Trinajstić information content (AvgIpc) is 2.53. The predicted octanol–water partition coefficient (Wildman–Crippen LogP) is 4.95. The Morgan fingerprint density at radius 1 is 1.10 bits per heavy atom. The zero-order valence-corrected chi connectivity index (χ0v) is 15.5. The van der Waals surface area contributed by atoms with E-state index < -0.39 is 0 Å². The quantitative estimate of drug-likeness (QED) is 0.543. The predicted molar refractivity (Wildman–Crippen MR) is 98.7 cm³/mol. The number of hydrogen-bond acceptors (Lipinski definition) is 2. The highest BCUT2D eigenvalue weighted by Crippen LogP contribution is 2.29. The number of nitrogens with two attached hydrogens (primary N) is 1. The number of halogens is 2. The minimum absolute atomic E-state index is 0.403. The van der Waals surface area contributed by atoms with Crippen LogP contribution in [0.3, 0.4) is 0 Å². The molecule has 0 aromatic heterocycles. The van der Waals surface area contributed by atoms with Gasteiger partial charge in [-0.15, -0.1) is 0 Å². The highest BCUT2D eigenvalue weighted by atomic mass is 79.9. The summed E-state index contributed by atoms with van der Waals surface area (Å²) in [6.07, 6.45) is 8.52. The summed E-state index contributed by atoms with van der Waals surface area (Å²) in [5, 5.41) is 3.68. The maximum absolute atomic E-state index is 6.14. The van der Waals surface area contributed by atoms with Gasteiger partial charge in [-0.2, -0.15) is 0 Å². The molecule has 1 aliphatic rings. The lowest BCUT2D eigenvalue weighted by Crippen LogP contribution is -2.28. The van der Waals surface area contributed by atoms with Crippen LogP contribution in [-0.4, -0.2) is 13.9 Å². The van der Waals surface area contributed by atoms with Gasteiger partial charge in [-0.3, -0.25) is 0 Å². The molecule has 2 nitrogen and oxygen atoms in total. The van der Waals surface area contributed by atoms with Gasteiger partial charge in [0.25, 0.3) is 0 Å². The molecule has 0 spiro atoms. The van der Waals surface area contributed by atoms with Crippen LogP contribution in [-0.2, 0) is 6.54 Å². The Morgan fingerprint density at radius 2 is 1.76 bits per heavy atom. The molecule has 0 saturated heterocycles. The molecule has 2 rings (SSSR count). The van der Waals surface area contributed by atoms with E-state index in [0.717, 1.165) is 33.2 Å². The number of rotatable bonds is 3. The molecule has 1 aliphatic carbocycles. The van der Waals surface area contributed by atoms with Crippen molar-refractivity contribution in [2.24, 2.45) is 0 Å². The maximum atomic E-state index is 6.14. The molecule has 0 heterocycles. The first-order chi connectivity index (χ1) is 10.1. The number of benzene rings is 1. The fraction of sp³-hybridized carbons (Fsp3) is 0.625. The second kappa shape index (κ2) is 8.59. The summed E-state index contributed by atoms with van der Waals surface area (Å²) in [5.41, 5.74) is 8.12. The highest BCUT2D eigenvalue weighted by molar-refractivity contribution is 9.11. The second-order valence-electron chi connectivity index (χ2n) is 6.01. The smallest absolute Gasteiger partial charge is 0.0699 e. The van der Waals surface area contributed by atoms with E-state index in [1.54, 1.807) is 0 Å². The number of hydrogen-bond donors (Lipinski definition) is 2. The lowest BCUT2D eigenvalue weighted by molar-refractivity contribution is 0.433. The molecule has 5 heteroatoms. The summed E-state index contributed by atoms with van der Waals surface area (Å²) in [5.74, 6) is 0.403. The standard InChI is InChI=1S/C16H23BBr2N2/c17-12-4-1-2-6-14(7-3-5-12)21-10-11-8-13(18)9-15(19)16(11)20/h8-9,12,14,21H,1-7,10,20H2/t12?,14-/m0/s1. The Morgan fingerprint density at radius 3 is 2.57 bits per heavy atom. The van der Waals surface area contributed by atoms with Gasteiger partial charge in [0.05, 0.1) is 13.5 Å². The van der Waals surface area contributed by atoms with Gasteiger partial charge in [0.2, 0.25) is 0 Å². The van der Waals surface area contributed by atoms with Gasteiger partial charge in [0.15, 0.2) is 0 Å². The van der Waals surface area contributed by atoms with E-state index in [4.69, 9.17) is 13.6 Å². The highest BCUT2D eigenvalue weighted by Gasteiger charge is 2.14. The molecular formula is C16H23BBr2N2. The van der Waals surface area contributed by atoms with E-state index in [-0.39, 0.29) is 0 Å². The first kappa shape index (κ1) is 17.4. The van der Waals surface area contributed by atoms with Crippen LogP contribution in [0.4, 0.5) is 5.69 Å². The Kier molecular flexibility index (Phi) is 7.10. The largest absolute Gasteiger partial charge is 0.398 e. The van der Waals surface area contributed by atoms with Crippen LogP contribution < -0.4 is 11.1 Å². The number of nitrogens with one attached hydrogen (secondary N) is 1. The van der Waals surface area contributed by atoms with Crippen molar-refractivity contribution in [1.29, 1.82) is 0 Å². The zero-order valence-electron chi connectivity index (χ0n) is 12.4. The molecule has 21 heavy (non-hydrogen) atoms. The third kappa shape index (κ3) is 5.61. The number of nitrogen functional groups attached to an aromatic ring is 1. The first-order valence-electron chi connectivity index (χ1n) is 7.78. The van der Waals surface area contributed by atoms with Crippen molar-refractivity contribution in [3.63, 3.8) is 0 Å². The molecule has 0 aliphatic heterocycles. The van der Waals surface area contributed by atoms with E-state index in [1.807, 2.05) is 6.07 Å². The summed E-state index contributed by atoms with van der Waals surface area (Å²) >= 11 is 7.03. The summed E-state index contributed by atoms with van der Waals surface area (Å²) in [6.45, 7) is 0.820. The van der Waals surface area contributed by atoms with Gasteiger partial charge in [0.1, 0.15) is 0 Å². The van der Waals surface area contributed by atoms with Crippen molar-refractivity contribution >= 4 is 45.4 Å². The van der Waals surface area contributed by atoms with Crippen LogP contribution in [0.15, 0.2) is 21.1 Å². The fourth-order valence-electron chi connectivity index (χ4n) is 2.96. The number of anilines is 1. The molecule has 1 fully saturated rings. The summed E-state index contributed by atoms with van der Waals surface area (Å²) < 4.78 is 2.01. The van der Waals surface area contributed by atoms with Gasteiger partial charge in [0, 0.05) is 21.5 Å². The van der Waals surface area contributed by atoms with Gasteiger partial charge in [-0.25, -0.2) is 0 Å². The van der Waals surface area contributed by atoms with Crippen molar-refractivity contribution in [3.05, 3.63) is 26.6 Å². The molecule has 0 amide bonds. The van der Waals surface area contributed by atoms with E-state index in [1.165, 1.54) is 38.5 Å². The van der Waals surface area contributed by atoms with Crippen LogP contribution in [0.1, 0.15) is 50.5 Å². The fourth-order valence-corrected chi connectivity index (χ4v) is 4.27. The van der Waals surface area contributed by atoms with Gasteiger partial charge >= 0.3 is 0 Å². The molecule has 1 aromatic rings. The third-order valence-electron chi connectivity index (χ3n) is 4.27. The lowest BCUT2D eigenvalue weighted by atomic mass is 9.80. The van der Waals surface area contributed by atoms with E-state index in [2.05, 4.69) is 43.2 Å². The zero-order chi connectivity index (χ0) is 15.2. The van der Waals surface area contributed by atoms with Crippen LogP contribution in [0, 0.1) is 0 Å². The van der Waals surface area contributed by atoms with Crippen LogP contribution in [0.25, 0.3) is 0 Å². The maximum Gasteiger partial charge on any atom is 0.0699 e. The van der Waals surface area contributed by atoms with Crippen molar-refractivity contribution in [2.75, 3.05) is 5.73 Å². The van der Waals surface area contributed by atoms with Gasteiger partial charge < -0.3 is 11.1 Å². The molecule has 1 saturated carbocycles. The summed E-state index contributed by atoms with van der Waals surface area (Å²) in [7, 11) is 6.09. The average molecular weight is 414 g/mol. The minimum atomic E-state index is 0.403. The van der Waals surface area contributed by atoms with E-state index in [0.29, 0.717) is 11.9 Å². The van der Waals surface area contributed by atoms with Crippen molar-refractivity contribution in [3.8, 4) is 0 Å². The third-order valence-corrected chi connectivity index (χ3v) is 5.38. The first-order valence-corrected chi connectivity index (χ1v) is 9.37. The van der Waals surface area contributed by atoms with Gasteiger partial charge in [-0.1, -0.05) is 53.9 Å². The molecular weight excluding hydrogens is 391 g/mol. The van der Waals surface area contributed by atoms with Crippen molar-refractivity contribution in [2.45, 2.75) is 63.3 Å². The topological polar surface area (TPSA) is 38.0 Å². The molecule has 2 atom stereocenters. The van der Waals surface area contributed by atoms with Crippen molar-refractivity contribution in [1.82, 2.24) is 5.32 Å². The molecule has 114 valence electrons. The molecule has 1 aromatic carbocycles. The van der Waals surface area contributed by atoms with Crippen molar-refractivity contribution < 1.29 is 0 Å². The minimum Gasteiger partial charge on any atom is -0.398 e. The van der Waals surface area contributed by atoms with Gasteiger partial charge in [-0.05, 0) is 46.5 Å². The monoisotopic (exact) mass is 412 g/mol. The molecule has 0 bridgehead atoms. The molecule has 1 unspecified atom stereocenters. The Hall–Kier alpha value is 0.00494. The molecule has 2 radical (unpaired) electrons. The van der Waals surface area contributed by atoms with E-state index in [9.17, 15) is 0 Å². The molecule has 3 N–H and O–H groups in total. The Bertz CT molecular complexity index is 468. The van der Waals surface area contributed by atoms with Crippen LogP contribution in [0.2, 0.25) is 5.82 Å².